The van der Waals surface area contributed by atoms with Crippen molar-refractivity contribution in [2.24, 2.45) is 0 Å². The fourth-order valence-corrected chi connectivity index (χ4v) is 5.56. The number of piperidine rings is 1. The molecule has 3 aromatic rings. The van der Waals surface area contributed by atoms with Crippen LogP contribution in [0.1, 0.15) is 38.3 Å². The molecule has 2 saturated heterocycles. The van der Waals surface area contributed by atoms with Gasteiger partial charge in [-0.3, -0.25) is 9.69 Å². The number of amides is 2. The van der Waals surface area contributed by atoms with Gasteiger partial charge in [-0.25, -0.2) is 4.79 Å². The highest BCUT2D eigenvalue weighted by Crippen LogP contribution is 2.40. The van der Waals surface area contributed by atoms with Gasteiger partial charge in [0.05, 0.1) is 10.0 Å². The number of aromatic nitrogens is 3. The molecule has 4 heterocycles. The molecule has 1 aromatic carbocycles. The molecule has 2 fully saturated rings. The maximum Gasteiger partial charge on any atom is 0.344 e. The Morgan fingerprint density at radius 2 is 1.88 bits per heavy atom. The third-order valence-corrected chi connectivity index (χ3v) is 7.60. The normalized spacial score (nSPS) is 18.3. The van der Waals surface area contributed by atoms with Crippen molar-refractivity contribution < 1.29 is 9.59 Å². The van der Waals surface area contributed by atoms with Crippen LogP contribution in [0.15, 0.2) is 30.5 Å². The highest BCUT2D eigenvalue weighted by molar-refractivity contribution is 6.42. The molecule has 2 aliphatic rings. The van der Waals surface area contributed by atoms with Crippen LogP contribution in [0, 0.1) is 0 Å². The lowest BCUT2D eigenvalue weighted by Crippen LogP contribution is -2.53. The topological polar surface area (TPSA) is 86.3 Å². The Balaban J connectivity index is 1.25. The summed E-state index contributed by atoms with van der Waals surface area (Å²) in [4.78, 5) is 32.0. The highest BCUT2D eigenvalue weighted by atomic mass is 35.5. The summed E-state index contributed by atoms with van der Waals surface area (Å²) in [5, 5.41) is 8.95. The van der Waals surface area contributed by atoms with E-state index in [-0.39, 0.29) is 17.5 Å². The van der Waals surface area contributed by atoms with E-state index in [0.717, 1.165) is 55.4 Å². The van der Waals surface area contributed by atoms with Crippen molar-refractivity contribution in [3.05, 3.63) is 46.2 Å². The number of carbonyl (C=O) groups is 2. The number of hydrogen-bond donors (Lipinski definition) is 2. The summed E-state index contributed by atoms with van der Waals surface area (Å²) in [5.74, 6) is 0.169. The van der Waals surface area contributed by atoms with Crippen LogP contribution in [0.2, 0.25) is 10.0 Å². The van der Waals surface area contributed by atoms with Gasteiger partial charge in [-0.1, -0.05) is 23.2 Å². The van der Waals surface area contributed by atoms with E-state index in [1.807, 2.05) is 17.0 Å². The monoisotopic (exact) mass is 488 g/mol. The van der Waals surface area contributed by atoms with Crippen molar-refractivity contribution in [2.75, 3.05) is 25.0 Å². The molecule has 0 aliphatic carbocycles. The van der Waals surface area contributed by atoms with Crippen molar-refractivity contribution in [3.63, 3.8) is 0 Å². The number of H-pyrrole nitrogens is 1. The number of fused-ring (bicyclic) bond motifs is 1. The summed E-state index contributed by atoms with van der Waals surface area (Å²) in [6.45, 7) is 4.66. The molecule has 5 rings (SSSR count). The first kappa shape index (κ1) is 22.3. The maximum absolute atomic E-state index is 12.9. The third-order valence-electron chi connectivity index (χ3n) is 6.87. The van der Waals surface area contributed by atoms with Crippen molar-refractivity contribution in [1.29, 1.82) is 0 Å². The smallest absolute Gasteiger partial charge is 0.344 e. The number of carbonyl (C=O) groups excluding carboxylic acids is 2. The fraction of sp³-hybridized carbons (Fsp3) is 0.435. The first-order valence-electron chi connectivity index (χ1n) is 11.2. The molecule has 2 N–H and O–H groups in total. The molecule has 174 valence electrons. The second kappa shape index (κ2) is 8.66. The van der Waals surface area contributed by atoms with Crippen LogP contribution in [0.3, 0.4) is 0 Å². The SMILES string of the molecule is CC(=O)Nc1ccn(C(=O)N2CCC3(CCCN3Cc3cc4cc(Cl)c(Cl)cc4[nH]3)CC2)n1. The van der Waals surface area contributed by atoms with Gasteiger partial charge in [-0.2, -0.15) is 4.68 Å². The summed E-state index contributed by atoms with van der Waals surface area (Å²) in [5.41, 5.74) is 2.24. The maximum atomic E-state index is 12.9. The van der Waals surface area contributed by atoms with Gasteiger partial charge >= 0.3 is 6.03 Å². The van der Waals surface area contributed by atoms with E-state index in [2.05, 4.69) is 26.4 Å². The molecule has 0 bridgehead atoms. The molecule has 0 atom stereocenters. The third kappa shape index (κ3) is 4.35. The number of nitrogens with one attached hydrogen (secondary N) is 2. The zero-order valence-electron chi connectivity index (χ0n) is 18.4. The minimum Gasteiger partial charge on any atom is -0.357 e. The minimum absolute atomic E-state index is 0.106. The first-order valence-corrected chi connectivity index (χ1v) is 11.9. The van der Waals surface area contributed by atoms with E-state index in [9.17, 15) is 9.59 Å². The predicted molar refractivity (Wildman–Crippen MR) is 129 cm³/mol. The molecular weight excluding hydrogens is 463 g/mol. The predicted octanol–water partition coefficient (Wildman–Crippen LogP) is 4.73. The molecule has 2 aromatic heterocycles. The van der Waals surface area contributed by atoms with Crippen LogP contribution >= 0.6 is 23.2 Å². The van der Waals surface area contributed by atoms with Crippen LogP contribution in [-0.4, -0.2) is 61.7 Å². The Morgan fingerprint density at radius 3 is 2.64 bits per heavy atom. The van der Waals surface area contributed by atoms with Gasteiger partial charge in [0.2, 0.25) is 5.91 Å². The van der Waals surface area contributed by atoms with Crippen molar-refractivity contribution in [2.45, 2.75) is 44.7 Å². The average molecular weight is 489 g/mol. The second-order valence-corrected chi connectivity index (χ2v) is 9.81. The molecule has 0 saturated carbocycles. The van der Waals surface area contributed by atoms with Crippen molar-refractivity contribution in [3.8, 4) is 0 Å². The van der Waals surface area contributed by atoms with Gasteiger partial charge in [-0.05, 0) is 50.4 Å². The zero-order valence-corrected chi connectivity index (χ0v) is 19.9. The number of anilines is 1. The number of aromatic amines is 1. The Kier molecular flexibility index (Phi) is 5.84. The molecule has 8 nitrogen and oxygen atoms in total. The van der Waals surface area contributed by atoms with Crippen molar-refractivity contribution in [1.82, 2.24) is 24.6 Å². The lowest BCUT2D eigenvalue weighted by atomic mass is 9.85. The van der Waals surface area contributed by atoms with Gasteiger partial charge in [-0.15, -0.1) is 5.10 Å². The average Bonchev–Trinajstić information content (AvgIpc) is 3.48. The Bertz CT molecular complexity index is 1170. The van der Waals surface area contributed by atoms with Crippen LogP contribution in [0.25, 0.3) is 10.9 Å². The van der Waals surface area contributed by atoms with Crippen LogP contribution < -0.4 is 5.32 Å². The number of likely N-dealkylation sites (tertiary alicyclic amines) is 2. The Hall–Kier alpha value is -2.55. The molecule has 0 unspecified atom stereocenters. The summed E-state index contributed by atoms with van der Waals surface area (Å²) < 4.78 is 1.30. The van der Waals surface area contributed by atoms with E-state index < -0.39 is 0 Å². The van der Waals surface area contributed by atoms with E-state index in [0.29, 0.717) is 29.0 Å². The summed E-state index contributed by atoms with van der Waals surface area (Å²) in [6.07, 6.45) is 5.74. The van der Waals surface area contributed by atoms with Gasteiger partial charge in [0.1, 0.15) is 0 Å². The molecule has 0 radical (unpaired) electrons. The first-order chi connectivity index (χ1) is 15.8. The van der Waals surface area contributed by atoms with Gasteiger partial charge in [0.15, 0.2) is 5.82 Å². The standard InChI is InChI=1S/C23H26Cl2N6O2/c1-15(32)26-21-3-8-31(28-21)22(33)29-9-5-23(6-10-29)4-2-7-30(23)14-17-11-16-12-18(24)19(25)13-20(16)27-17/h3,8,11-13,27H,2,4-7,9-10,14H2,1H3,(H,26,28,32). The highest BCUT2D eigenvalue weighted by Gasteiger charge is 2.44. The summed E-state index contributed by atoms with van der Waals surface area (Å²) in [6, 6.07) is 7.39. The molecule has 10 heteroatoms. The molecule has 2 aliphatic heterocycles. The number of halogens is 2. The second-order valence-electron chi connectivity index (χ2n) is 8.99. The number of hydrogen-bond acceptors (Lipinski definition) is 4. The molecule has 33 heavy (non-hydrogen) atoms. The van der Waals surface area contributed by atoms with Crippen LogP contribution in [-0.2, 0) is 11.3 Å². The zero-order chi connectivity index (χ0) is 23.2. The van der Waals surface area contributed by atoms with Crippen LogP contribution in [0.5, 0.6) is 0 Å². The minimum atomic E-state index is -0.213. The van der Waals surface area contributed by atoms with E-state index in [1.54, 1.807) is 12.3 Å². The molecular formula is C23H26Cl2N6O2. The quantitative estimate of drug-likeness (QED) is 0.557. The number of benzene rings is 1. The lowest BCUT2D eigenvalue weighted by Gasteiger charge is -2.44. The van der Waals surface area contributed by atoms with E-state index in [1.165, 1.54) is 11.6 Å². The number of nitrogens with zero attached hydrogens (tertiary/aromatic N) is 4. The fourth-order valence-electron chi connectivity index (χ4n) is 5.22. The largest absolute Gasteiger partial charge is 0.357 e. The summed E-state index contributed by atoms with van der Waals surface area (Å²) >= 11 is 12.3. The van der Waals surface area contributed by atoms with Gasteiger partial charge in [0, 0.05) is 61.0 Å². The Labute approximate surface area is 201 Å². The number of rotatable bonds is 3. The van der Waals surface area contributed by atoms with E-state index >= 15 is 0 Å². The molecule has 2 amide bonds. The van der Waals surface area contributed by atoms with Crippen molar-refractivity contribution >= 4 is 51.9 Å². The summed E-state index contributed by atoms with van der Waals surface area (Å²) in [7, 11) is 0. The lowest BCUT2D eigenvalue weighted by molar-refractivity contribution is -0.114. The van der Waals surface area contributed by atoms with Gasteiger partial charge < -0.3 is 15.2 Å². The van der Waals surface area contributed by atoms with Crippen LogP contribution in [0.4, 0.5) is 10.6 Å². The van der Waals surface area contributed by atoms with Gasteiger partial charge in [0.25, 0.3) is 0 Å². The molecule has 1 spiro atoms. The van der Waals surface area contributed by atoms with E-state index in [4.69, 9.17) is 23.2 Å². The Morgan fingerprint density at radius 1 is 1.12 bits per heavy atom.